The number of pyridine rings is 1. The second-order valence-electron chi connectivity index (χ2n) is 11.2. The van der Waals surface area contributed by atoms with E-state index in [2.05, 4.69) is 10.3 Å². The maximum Gasteiger partial charge on any atom is 0.414 e. The average Bonchev–Trinajstić information content (AvgIpc) is 3.88. The Hall–Kier alpha value is -3.90. The number of aliphatic hydroxyl groups is 1. The molecule has 0 spiro atoms. The van der Waals surface area contributed by atoms with Gasteiger partial charge in [0.25, 0.3) is 5.91 Å². The predicted octanol–water partition coefficient (Wildman–Crippen LogP) is 4.72. The number of rotatable bonds is 9. The highest BCUT2D eigenvalue weighted by molar-refractivity contribution is 5.95. The fourth-order valence-electron chi connectivity index (χ4n) is 4.60. The topological polar surface area (TPSA) is 116 Å². The van der Waals surface area contributed by atoms with Crippen LogP contribution >= 0.6 is 0 Å². The molecule has 8 nitrogen and oxygen atoms in total. The second-order valence-corrected chi connectivity index (χ2v) is 11.2. The molecule has 6 rings (SSSR count). The molecular weight excluding hydrogens is 558 g/mol. The van der Waals surface area contributed by atoms with Crippen molar-refractivity contribution in [3.63, 3.8) is 0 Å². The van der Waals surface area contributed by atoms with Crippen LogP contribution in [0.15, 0.2) is 48.5 Å². The number of aromatic nitrogens is 1. The van der Waals surface area contributed by atoms with Gasteiger partial charge in [0.2, 0.25) is 0 Å². The average molecular weight is 588 g/mol. The summed E-state index contributed by atoms with van der Waals surface area (Å²) < 4.78 is 73.1. The molecule has 2 fully saturated rings. The fraction of sp³-hybridized carbons (Fsp3) is 0.400. The van der Waals surface area contributed by atoms with E-state index in [4.69, 9.17) is 19.9 Å². The standard InChI is InChI=1S/C30H29F4N3O5/c1-28(39,14-36-27(38)17-4-11-22(41-19-7-8-19)23(12-17)42-20-9-10-20)24-13-21-26(40-15-29(21,35)30(32,33)34)25(37-24)16-2-5-18(31)6-3-16/h2-6,11-13,19-20,39H,7-10,14-15,35H2,1H3,(H,36,38)/t28-,29-/m0/s1. The van der Waals surface area contributed by atoms with Gasteiger partial charge in [-0.2, -0.15) is 13.2 Å². The molecule has 42 heavy (non-hydrogen) atoms. The Morgan fingerprint density at radius 2 is 1.71 bits per heavy atom. The van der Waals surface area contributed by atoms with Crippen molar-refractivity contribution in [2.45, 2.75) is 62.1 Å². The van der Waals surface area contributed by atoms with Crippen molar-refractivity contribution >= 4 is 5.91 Å². The van der Waals surface area contributed by atoms with Gasteiger partial charge in [-0.1, -0.05) is 0 Å². The van der Waals surface area contributed by atoms with Crippen LogP contribution in [0.2, 0.25) is 0 Å². The number of amides is 1. The first-order chi connectivity index (χ1) is 19.8. The Morgan fingerprint density at radius 1 is 1.07 bits per heavy atom. The summed E-state index contributed by atoms with van der Waals surface area (Å²) in [7, 11) is 0. The number of nitrogens with two attached hydrogens (primary N) is 1. The normalized spacial score (nSPS) is 21.2. The van der Waals surface area contributed by atoms with Gasteiger partial charge in [0.15, 0.2) is 22.8 Å². The van der Waals surface area contributed by atoms with Gasteiger partial charge in [-0.3, -0.25) is 4.79 Å². The van der Waals surface area contributed by atoms with Crippen LogP contribution in [-0.2, 0) is 11.1 Å². The van der Waals surface area contributed by atoms with Gasteiger partial charge >= 0.3 is 6.18 Å². The van der Waals surface area contributed by atoms with Crippen LogP contribution in [0.5, 0.6) is 17.2 Å². The molecule has 12 heteroatoms. The van der Waals surface area contributed by atoms with Gasteiger partial charge in [0.05, 0.1) is 24.4 Å². The van der Waals surface area contributed by atoms with Gasteiger partial charge < -0.3 is 30.4 Å². The van der Waals surface area contributed by atoms with Crippen LogP contribution in [0, 0.1) is 5.82 Å². The fourth-order valence-corrected chi connectivity index (χ4v) is 4.60. The molecule has 2 saturated carbocycles. The molecule has 2 aromatic carbocycles. The van der Waals surface area contributed by atoms with Crippen LogP contribution in [-0.4, -0.2) is 47.5 Å². The van der Waals surface area contributed by atoms with Crippen LogP contribution in [0.25, 0.3) is 11.3 Å². The van der Waals surface area contributed by atoms with E-state index in [9.17, 15) is 27.5 Å². The first kappa shape index (κ1) is 28.2. The molecule has 1 aromatic heterocycles. The van der Waals surface area contributed by atoms with Crippen molar-refractivity contribution in [2.75, 3.05) is 13.2 Å². The summed E-state index contributed by atoms with van der Waals surface area (Å²) in [5, 5.41) is 14.0. The Kier molecular flexibility index (Phi) is 6.81. The van der Waals surface area contributed by atoms with E-state index in [1.165, 1.54) is 19.1 Å². The number of alkyl halides is 3. The van der Waals surface area contributed by atoms with Crippen LogP contribution in [0.3, 0.4) is 0 Å². The number of fused-ring (bicyclic) bond motifs is 1. The second kappa shape index (κ2) is 10.1. The molecule has 2 aliphatic carbocycles. The maximum absolute atomic E-state index is 14.1. The predicted molar refractivity (Wildman–Crippen MR) is 143 cm³/mol. The zero-order valence-electron chi connectivity index (χ0n) is 22.6. The molecule has 0 saturated heterocycles. The lowest BCUT2D eigenvalue weighted by molar-refractivity contribution is -0.191. The SMILES string of the molecule is C[C@](O)(CNC(=O)c1ccc(OC2CC2)c(OC2CC2)c1)c1cc2c(c(-c3ccc(F)cc3)n1)OC[C@@]2(N)C(F)(F)F. The summed E-state index contributed by atoms with van der Waals surface area (Å²) in [6, 6.07) is 10.8. The number of carbonyl (C=O) groups excluding carboxylic acids is 1. The lowest BCUT2D eigenvalue weighted by Crippen LogP contribution is -2.52. The van der Waals surface area contributed by atoms with Gasteiger partial charge in [0.1, 0.15) is 23.7 Å². The number of ether oxygens (including phenoxy) is 3. The Bertz CT molecular complexity index is 1520. The zero-order valence-corrected chi connectivity index (χ0v) is 22.6. The summed E-state index contributed by atoms with van der Waals surface area (Å²) in [4.78, 5) is 17.5. The highest BCUT2D eigenvalue weighted by atomic mass is 19.4. The van der Waals surface area contributed by atoms with Gasteiger partial charge in [-0.15, -0.1) is 0 Å². The highest BCUT2D eigenvalue weighted by Gasteiger charge is 2.59. The molecule has 3 aromatic rings. The first-order valence-corrected chi connectivity index (χ1v) is 13.6. The third-order valence-electron chi connectivity index (χ3n) is 7.51. The lowest BCUT2D eigenvalue weighted by Gasteiger charge is -2.28. The monoisotopic (exact) mass is 587 g/mol. The van der Waals surface area contributed by atoms with Crippen molar-refractivity contribution in [3.8, 4) is 28.5 Å². The smallest absolute Gasteiger partial charge is 0.414 e. The quantitative estimate of drug-likeness (QED) is 0.311. The molecule has 0 radical (unpaired) electrons. The summed E-state index contributed by atoms with van der Waals surface area (Å²) in [6.45, 7) is 0.0199. The molecule has 2 heterocycles. The van der Waals surface area contributed by atoms with Gasteiger partial charge in [-0.25, -0.2) is 9.37 Å². The highest BCUT2D eigenvalue weighted by Crippen LogP contribution is 2.49. The third-order valence-corrected chi connectivity index (χ3v) is 7.51. The van der Waals surface area contributed by atoms with Crippen molar-refractivity contribution in [1.29, 1.82) is 0 Å². The molecule has 0 unspecified atom stereocenters. The zero-order chi connectivity index (χ0) is 29.9. The minimum Gasteiger partial charge on any atom is -0.488 e. The van der Waals surface area contributed by atoms with Crippen molar-refractivity contribution < 1.29 is 41.7 Å². The number of halogens is 4. The van der Waals surface area contributed by atoms with Crippen LogP contribution < -0.4 is 25.3 Å². The molecule has 0 bridgehead atoms. The molecule has 2 atom stereocenters. The number of hydrogen-bond acceptors (Lipinski definition) is 7. The number of carbonyl (C=O) groups is 1. The molecule has 4 N–H and O–H groups in total. The Labute approximate surface area is 238 Å². The number of benzene rings is 2. The van der Waals surface area contributed by atoms with Crippen molar-refractivity contribution in [1.82, 2.24) is 10.3 Å². The van der Waals surface area contributed by atoms with E-state index in [1.54, 1.807) is 18.2 Å². The Morgan fingerprint density at radius 3 is 2.33 bits per heavy atom. The van der Waals surface area contributed by atoms with E-state index in [1.807, 2.05) is 0 Å². The summed E-state index contributed by atoms with van der Waals surface area (Å²) in [5.74, 6) is -0.286. The minimum atomic E-state index is -4.88. The molecule has 1 aliphatic heterocycles. The lowest BCUT2D eigenvalue weighted by atomic mass is 9.88. The van der Waals surface area contributed by atoms with Gasteiger partial charge in [0, 0.05) is 16.7 Å². The summed E-state index contributed by atoms with van der Waals surface area (Å²) in [6.07, 6.45) is -0.927. The van der Waals surface area contributed by atoms with E-state index < -0.39 is 47.8 Å². The molecule has 3 aliphatic rings. The van der Waals surface area contributed by atoms with Crippen molar-refractivity contribution in [2.24, 2.45) is 5.73 Å². The van der Waals surface area contributed by atoms with Crippen molar-refractivity contribution in [3.05, 3.63) is 71.2 Å². The third kappa shape index (κ3) is 5.48. The molecule has 1 amide bonds. The molecular formula is C30H29F4N3O5. The van der Waals surface area contributed by atoms with E-state index in [0.29, 0.717) is 11.5 Å². The van der Waals surface area contributed by atoms with Crippen LogP contribution in [0.4, 0.5) is 17.6 Å². The van der Waals surface area contributed by atoms with Crippen LogP contribution in [0.1, 0.15) is 54.2 Å². The summed E-state index contributed by atoms with van der Waals surface area (Å²) in [5.41, 5.74) is 0.891. The molecule has 222 valence electrons. The minimum absolute atomic E-state index is 0.0428. The number of nitrogens with zero attached hydrogens (tertiary/aromatic N) is 1. The summed E-state index contributed by atoms with van der Waals surface area (Å²) >= 11 is 0. The Balaban J connectivity index is 1.28. The number of nitrogens with one attached hydrogen (secondary N) is 1. The first-order valence-electron chi connectivity index (χ1n) is 13.6. The maximum atomic E-state index is 14.1. The van der Waals surface area contributed by atoms with Gasteiger partial charge in [-0.05, 0) is 81.1 Å². The van der Waals surface area contributed by atoms with E-state index in [-0.39, 0.29) is 40.5 Å². The van der Waals surface area contributed by atoms with E-state index in [0.717, 1.165) is 43.9 Å². The van der Waals surface area contributed by atoms with E-state index >= 15 is 0 Å². The largest absolute Gasteiger partial charge is 0.488 e. The number of hydrogen-bond donors (Lipinski definition) is 3.